The van der Waals surface area contributed by atoms with Gasteiger partial charge in [0.2, 0.25) is 5.91 Å². The maximum absolute atomic E-state index is 12.3. The van der Waals surface area contributed by atoms with E-state index in [1.54, 1.807) is 0 Å². The highest BCUT2D eigenvalue weighted by atomic mass is 16.2. The number of nitrogens with zero attached hydrogens (tertiary/aromatic N) is 1. The second-order valence-electron chi connectivity index (χ2n) is 5.91. The number of hydrogen-bond donors (Lipinski definition) is 2. The van der Waals surface area contributed by atoms with Gasteiger partial charge in [-0.1, -0.05) is 12.5 Å². The smallest absolute Gasteiger partial charge is 0.223 e. The molecule has 1 aliphatic carbocycles. The molecule has 0 radical (unpaired) electrons. The van der Waals surface area contributed by atoms with Gasteiger partial charge in [-0.3, -0.25) is 9.69 Å². The molecule has 2 rings (SSSR count). The first-order chi connectivity index (χ1) is 9.24. The summed E-state index contributed by atoms with van der Waals surface area (Å²) in [5, 5.41) is 3.24. The zero-order chi connectivity index (χ0) is 13.7. The Morgan fingerprint density at radius 3 is 2.68 bits per heavy atom. The van der Waals surface area contributed by atoms with Crippen molar-refractivity contribution in [2.45, 2.75) is 38.1 Å². The van der Waals surface area contributed by atoms with Crippen LogP contribution in [0.4, 0.5) is 0 Å². The van der Waals surface area contributed by atoms with Gasteiger partial charge in [0.05, 0.1) is 0 Å². The van der Waals surface area contributed by atoms with Crippen LogP contribution in [0.2, 0.25) is 0 Å². The molecule has 0 unspecified atom stereocenters. The van der Waals surface area contributed by atoms with E-state index in [-0.39, 0.29) is 11.8 Å². The average Bonchev–Trinajstić information content (AvgIpc) is 2.90. The quantitative estimate of drug-likeness (QED) is 0.733. The summed E-state index contributed by atoms with van der Waals surface area (Å²) < 4.78 is 0. The van der Waals surface area contributed by atoms with Crippen LogP contribution >= 0.6 is 0 Å². The molecular formula is C15H27N3O. The van der Waals surface area contributed by atoms with E-state index >= 15 is 0 Å². The molecule has 2 atom stereocenters. The van der Waals surface area contributed by atoms with Gasteiger partial charge in [0.15, 0.2) is 0 Å². The van der Waals surface area contributed by atoms with Gasteiger partial charge >= 0.3 is 0 Å². The molecule has 1 heterocycles. The molecule has 3 N–H and O–H groups in total. The number of carbonyl (C=O) groups is 1. The highest BCUT2D eigenvalue weighted by Gasteiger charge is 2.33. The minimum atomic E-state index is 0.163. The van der Waals surface area contributed by atoms with Gasteiger partial charge in [-0.05, 0) is 38.1 Å². The first kappa shape index (κ1) is 14.5. The van der Waals surface area contributed by atoms with E-state index in [0.29, 0.717) is 18.5 Å². The standard InChI is InChI=1S/C15H27N3O/c1-2-8-18-9-6-13(7-10-18)17-15(19)14-5-3-4-12(14)11-16/h2,12-14H,1,3-11,16H2,(H,17,19)/t12-,14-/m1/s1. The van der Waals surface area contributed by atoms with Crippen LogP contribution in [-0.2, 0) is 4.79 Å². The Hall–Kier alpha value is -0.870. The number of nitrogens with two attached hydrogens (primary N) is 1. The summed E-state index contributed by atoms with van der Waals surface area (Å²) in [6.45, 7) is 7.49. The summed E-state index contributed by atoms with van der Waals surface area (Å²) in [6.07, 6.45) is 7.34. The van der Waals surface area contributed by atoms with Crippen molar-refractivity contribution in [3.8, 4) is 0 Å². The molecule has 2 aliphatic rings. The summed E-state index contributed by atoms with van der Waals surface area (Å²) >= 11 is 0. The normalized spacial score (nSPS) is 29.3. The molecular weight excluding hydrogens is 238 g/mol. The molecule has 0 aromatic heterocycles. The molecule has 1 saturated heterocycles. The molecule has 0 bridgehead atoms. The number of hydrogen-bond acceptors (Lipinski definition) is 3. The summed E-state index contributed by atoms with van der Waals surface area (Å²) in [5.74, 6) is 0.812. The summed E-state index contributed by atoms with van der Waals surface area (Å²) in [5.41, 5.74) is 5.75. The van der Waals surface area contributed by atoms with E-state index in [9.17, 15) is 4.79 Å². The van der Waals surface area contributed by atoms with E-state index in [2.05, 4.69) is 16.8 Å². The molecule has 0 spiro atoms. The van der Waals surface area contributed by atoms with E-state index in [4.69, 9.17) is 5.73 Å². The lowest BCUT2D eigenvalue weighted by atomic mass is 9.94. The SMILES string of the molecule is C=CCN1CCC(NC(=O)[C@@H]2CCC[C@@H]2CN)CC1. The monoisotopic (exact) mass is 265 g/mol. The highest BCUT2D eigenvalue weighted by Crippen LogP contribution is 2.31. The second-order valence-corrected chi connectivity index (χ2v) is 5.91. The third-order valence-corrected chi connectivity index (χ3v) is 4.62. The molecule has 4 heteroatoms. The fourth-order valence-electron chi connectivity index (χ4n) is 3.41. The lowest BCUT2D eigenvalue weighted by Crippen LogP contribution is -2.47. The number of carbonyl (C=O) groups excluding carboxylic acids is 1. The van der Waals surface area contributed by atoms with Crippen LogP contribution in [0.3, 0.4) is 0 Å². The van der Waals surface area contributed by atoms with Crippen molar-refractivity contribution in [2.24, 2.45) is 17.6 Å². The second kappa shape index (κ2) is 7.06. The minimum absolute atomic E-state index is 0.163. The Balaban J connectivity index is 1.76. The summed E-state index contributed by atoms with van der Waals surface area (Å²) in [7, 11) is 0. The van der Waals surface area contributed by atoms with Crippen LogP contribution in [0, 0.1) is 11.8 Å². The largest absolute Gasteiger partial charge is 0.353 e. The third kappa shape index (κ3) is 3.80. The van der Waals surface area contributed by atoms with E-state index in [1.807, 2.05) is 6.08 Å². The van der Waals surface area contributed by atoms with Gasteiger partial charge in [-0.25, -0.2) is 0 Å². The zero-order valence-corrected chi connectivity index (χ0v) is 11.8. The molecule has 4 nitrogen and oxygen atoms in total. The topological polar surface area (TPSA) is 58.4 Å². The van der Waals surface area contributed by atoms with Crippen LogP contribution in [0.25, 0.3) is 0 Å². The van der Waals surface area contributed by atoms with Crippen LogP contribution in [0.15, 0.2) is 12.7 Å². The van der Waals surface area contributed by atoms with Crippen molar-refractivity contribution < 1.29 is 4.79 Å². The van der Waals surface area contributed by atoms with Crippen molar-refractivity contribution in [3.05, 3.63) is 12.7 Å². The van der Waals surface area contributed by atoms with Crippen LogP contribution < -0.4 is 11.1 Å². The van der Waals surface area contributed by atoms with Crippen LogP contribution in [0.5, 0.6) is 0 Å². The first-order valence-corrected chi connectivity index (χ1v) is 7.58. The molecule has 1 aliphatic heterocycles. The van der Waals surface area contributed by atoms with Gasteiger partial charge in [-0.2, -0.15) is 0 Å². The molecule has 0 aromatic carbocycles. The van der Waals surface area contributed by atoms with Crippen molar-refractivity contribution in [2.75, 3.05) is 26.2 Å². The van der Waals surface area contributed by atoms with E-state index < -0.39 is 0 Å². The van der Waals surface area contributed by atoms with Crippen LogP contribution in [-0.4, -0.2) is 43.0 Å². The highest BCUT2D eigenvalue weighted by molar-refractivity contribution is 5.79. The van der Waals surface area contributed by atoms with E-state index in [0.717, 1.165) is 51.7 Å². The van der Waals surface area contributed by atoms with Gasteiger partial charge in [0, 0.05) is 31.6 Å². The van der Waals surface area contributed by atoms with Crippen molar-refractivity contribution in [1.82, 2.24) is 10.2 Å². The lowest BCUT2D eigenvalue weighted by Gasteiger charge is -2.32. The minimum Gasteiger partial charge on any atom is -0.353 e. The van der Waals surface area contributed by atoms with Crippen LogP contribution in [0.1, 0.15) is 32.1 Å². The Morgan fingerprint density at radius 1 is 1.32 bits per heavy atom. The predicted octanol–water partition coefficient (Wildman–Crippen LogP) is 1.13. The Morgan fingerprint density at radius 2 is 2.05 bits per heavy atom. The molecule has 0 aromatic rings. The summed E-state index contributed by atoms with van der Waals surface area (Å²) in [4.78, 5) is 14.7. The van der Waals surface area contributed by atoms with Gasteiger partial charge in [0.1, 0.15) is 0 Å². The molecule has 1 saturated carbocycles. The number of piperidine rings is 1. The number of nitrogens with one attached hydrogen (secondary N) is 1. The van der Waals surface area contributed by atoms with Crippen molar-refractivity contribution >= 4 is 5.91 Å². The zero-order valence-electron chi connectivity index (χ0n) is 11.8. The molecule has 108 valence electrons. The Kier molecular flexibility index (Phi) is 5.40. The Labute approximate surface area is 116 Å². The maximum Gasteiger partial charge on any atom is 0.223 e. The fraction of sp³-hybridized carbons (Fsp3) is 0.800. The first-order valence-electron chi connectivity index (χ1n) is 7.58. The average molecular weight is 265 g/mol. The predicted molar refractivity (Wildman–Crippen MR) is 77.7 cm³/mol. The number of amides is 1. The number of rotatable bonds is 5. The van der Waals surface area contributed by atoms with Gasteiger partial charge in [0.25, 0.3) is 0 Å². The van der Waals surface area contributed by atoms with Gasteiger partial charge in [-0.15, -0.1) is 6.58 Å². The van der Waals surface area contributed by atoms with E-state index in [1.165, 1.54) is 0 Å². The molecule has 1 amide bonds. The number of likely N-dealkylation sites (tertiary alicyclic amines) is 1. The van der Waals surface area contributed by atoms with Crippen molar-refractivity contribution in [1.29, 1.82) is 0 Å². The Bertz CT molecular complexity index is 311. The van der Waals surface area contributed by atoms with Gasteiger partial charge < -0.3 is 11.1 Å². The lowest BCUT2D eigenvalue weighted by molar-refractivity contribution is -0.127. The molecule has 2 fully saturated rings. The molecule has 19 heavy (non-hydrogen) atoms. The third-order valence-electron chi connectivity index (χ3n) is 4.62. The van der Waals surface area contributed by atoms with Crippen molar-refractivity contribution in [3.63, 3.8) is 0 Å². The fourth-order valence-corrected chi connectivity index (χ4v) is 3.41. The summed E-state index contributed by atoms with van der Waals surface area (Å²) in [6, 6.07) is 0.354. The maximum atomic E-state index is 12.3.